The van der Waals surface area contributed by atoms with Gasteiger partial charge in [0.25, 0.3) is 0 Å². The molecule has 0 aromatic rings. The highest BCUT2D eigenvalue weighted by atomic mass is 19.4. The Morgan fingerprint density at radius 1 is 1.30 bits per heavy atom. The molecule has 0 aromatic heterocycles. The van der Waals surface area contributed by atoms with Crippen LogP contribution in [0.5, 0.6) is 0 Å². The summed E-state index contributed by atoms with van der Waals surface area (Å²) < 4.78 is 47.1. The van der Waals surface area contributed by atoms with Crippen LogP contribution in [0.25, 0.3) is 0 Å². The molecular formula is C12H23F3N2O3. The van der Waals surface area contributed by atoms with E-state index in [1.54, 1.807) is 6.92 Å². The molecule has 0 heterocycles. The Kier molecular flexibility index (Phi) is 10.4. The topological polar surface area (TPSA) is 50.8 Å². The van der Waals surface area contributed by atoms with Crippen LogP contribution < -0.4 is 5.32 Å². The van der Waals surface area contributed by atoms with Crippen LogP contribution in [0, 0.1) is 0 Å². The summed E-state index contributed by atoms with van der Waals surface area (Å²) in [7, 11) is 1.51. The molecule has 0 saturated heterocycles. The highest BCUT2D eigenvalue weighted by Crippen LogP contribution is 2.16. The van der Waals surface area contributed by atoms with Crippen molar-refractivity contribution in [1.29, 1.82) is 0 Å². The zero-order valence-electron chi connectivity index (χ0n) is 12.0. The molecule has 0 aliphatic heterocycles. The van der Waals surface area contributed by atoms with Gasteiger partial charge in [0.15, 0.2) is 0 Å². The fraction of sp³-hybridized carbons (Fsp3) is 0.917. The zero-order chi connectivity index (χ0) is 15.4. The molecular weight excluding hydrogens is 277 g/mol. The number of halogens is 3. The molecule has 0 rings (SSSR count). The number of hydrogen-bond acceptors (Lipinski definition) is 4. The number of hydrogen-bond donors (Lipinski definition) is 1. The maximum absolute atomic E-state index is 12.4. The van der Waals surface area contributed by atoms with Gasteiger partial charge in [0.2, 0.25) is 5.91 Å². The second-order valence-electron chi connectivity index (χ2n) is 4.15. The molecule has 20 heavy (non-hydrogen) atoms. The summed E-state index contributed by atoms with van der Waals surface area (Å²) >= 11 is 0. The summed E-state index contributed by atoms with van der Waals surface area (Å²) in [5.74, 6) is -0.574. The van der Waals surface area contributed by atoms with Gasteiger partial charge >= 0.3 is 6.18 Å². The molecule has 5 nitrogen and oxygen atoms in total. The van der Waals surface area contributed by atoms with Crippen LogP contribution in [-0.4, -0.2) is 70.1 Å². The van der Waals surface area contributed by atoms with Crippen LogP contribution in [0.15, 0.2) is 0 Å². The minimum atomic E-state index is -4.40. The van der Waals surface area contributed by atoms with Crippen molar-refractivity contribution in [3.05, 3.63) is 0 Å². The molecule has 120 valence electrons. The molecule has 1 N–H and O–H groups in total. The molecule has 0 atom stereocenters. The molecule has 1 amide bonds. The predicted molar refractivity (Wildman–Crippen MR) is 68.5 cm³/mol. The van der Waals surface area contributed by atoms with E-state index in [0.29, 0.717) is 32.8 Å². The van der Waals surface area contributed by atoms with Crippen LogP contribution in [-0.2, 0) is 14.3 Å². The van der Waals surface area contributed by atoms with Crippen LogP contribution in [0.2, 0.25) is 0 Å². The largest absolute Gasteiger partial charge is 0.406 e. The van der Waals surface area contributed by atoms with E-state index in [1.807, 2.05) is 0 Å². The second kappa shape index (κ2) is 10.9. The maximum Gasteiger partial charge on any atom is 0.406 e. The van der Waals surface area contributed by atoms with Crippen molar-refractivity contribution in [2.75, 3.05) is 53.1 Å². The summed E-state index contributed by atoms with van der Waals surface area (Å²) in [5, 5.41) is 2.74. The fourth-order valence-corrected chi connectivity index (χ4v) is 1.49. The van der Waals surface area contributed by atoms with E-state index in [0.717, 1.165) is 4.90 Å². The summed E-state index contributed by atoms with van der Waals surface area (Å²) in [6, 6.07) is 0. The Bertz CT molecular complexity index is 263. The maximum atomic E-state index is 12.4. The van der Waals surface area contributed by atoms with Gasteiger partial charge in [0.05, 0.1) is 13.2 Å². The van der Waals surface area contributed by atoms with Crippen LogP contribution in [0.3, 0.4) is 0 Å². The number of carbonyl (C=O) groups excluding carboxylic acids is 1. The first-order valence-electron chi connectivity index (χ1n) is 6.52. The number of rotatable bonds is 11. The van der Waals surface area contributed by atoms with Crippen molar-refractivity contribution in [2.45, 2.75) is 19.5 Å². The van der Waals surface area contributed by atoms with Crippen LogP contribution in [0.4, 0.5) is 13.2 Å². The number of carbonyl (C=O) groups is 1. The summed E-state index contributed by atoms with van der Waals surface area (Å²) in [6.45, 7) is 2.14. The molecule has 0 bridgehead atoms. The monoisotopic (exact) mass is 300 g/mol. The molecule has 0 fully saturated rings. The Morgan fingerprint density at radius 3 is 2.55 bits per heavy atom. The molecule has 0 spiro atoms. The molecule has 0 unspecified atom stereocenters. The lowest BCUT2D eigenvalue weighted by Gasteiger charge is -2.24. The van der Waals surface area contributed by atoms with E-state index in [2.05, 4.69) is 5.32 Å². The smallest absolute Gasteiger partial charge is 0.383 e. The summed E-state index contributed by atoms with van der Waals surface area (Å²) in [4.78, 5) is 12.5. The van der Waals surface area contributed by atoms with Crippen LogP contribution >= 0.6 is 0 Å². The lowest BCUT2D eigenvalue weighted by Crippen LogP contribution is -2.44. The van der Waals surface area contributed by atoms with E-state index in [4.69, 9.17) is 9.47 Å². The van der Waals surface area contributed by atoms with Gasteiger partial charge in [-0.1, -0.05) is 0 Å². The van der Waals surface area contributed by atoms with E-state index >= 15 is 0 Å². The molecule has 0 aliphatic carbocycles. The Labute approximate surface area is 117 Å². The first-order chi connectivity index (χ1) is 9.40. The van der Waals surface area contributed by atoms with Crippen molar-refractivity contribution in [3.8, 4) is 0 Å². The highest BCUT2D eigenvalue weighted by molar-refractivity contribution is 5.78. The van der Waals surface area contributed by atoms with E-state index in [1.165, 1.54) is 7.11 Å². The normalized spacial score (nSPS) is 11.7. The quantitative estimate of drug-likeness (QED) is 0.579. The first-order valence-corrected chi connectivity index (χ1v) is 6.52. The van der Waals surface area contributed by atoms with Gasteiger partial charge in [-0.3, -0.25) is 4.79 Å². The average Bonchev–Trinajstić information content (AvgIpc) is 2.36. The summed E-state index contributed by atoms with van der Waals surface area (Å²) in [5.41, 5.74) is 0. The molecule has 0 radical (unpaired) electrons. The van der Waals surface area contributed by atoms with Gasteiger partial charge in [-0.25, -0.2) is 0 Å². The van der Waals surface area contributed by atoms with Gasteiger partial charge < -0.3 is 19.7 Å². The lowest BCUT2D eigenvalue weighted by atomic mass is 10.3. The van der Waals surface area contributed by atoms with Gasteiger partial charge in [-0.15, -0.1) is 0 Å². The minimum Gasteiger partial charge on any atom is -0.383 e. The minimum absolute atomic E-state index is 0.0320. The number of amides is 1. The number of nitrogens with zero attached hydrogens (tertiary/aromatic N) is 1. The van der Waals surface area contributed by atoms with Crippen molar-refractivity contribution >= 4 is 5.91 Å². The van der Waals surface area contributed by atoms with E-state index in [9.17, 15) is 18.0 Å². The molecule has 0 aromatic carbocycles. The lowest BCUT2D eigenvalue weighted by molar-refractivity contribution is -0.161. The van der Waals surface area contributed by atoms with Gasteiger partial charge in [0, 0.05) is 33.4 Å². The Balaban J connectivity index is 4.17. The third kappa shape index (κ3) is 11.0. The fourth-order valence-electron chi connectivity index (χ4n) is 1.49. The molecule has 0 saturated carbocycles. The van der Waals surface area contributed by atoms with Crippen molar-refractivity contribution in [1.82, 2.24) is 10.2 Å². The van der Waals surface area contributed by atoms with E-state index < -0.39 is 18.6 Å². The standard InChI is InChI=1S/C12H23F3N2O3/c1-3-20-7-4-6-17(10-12(13,14)15)11(18)9-16-5-8-19-2/h16H,3-10H2,1-2H3. The van der Waals surface area contributed by atoms with Crippen molar-refractivity contribution < 1.29 is 27.4 Å². The van der Waals surface area contributed by atoms with Gasteiger partial charge in [0.1, 0.15) is 6.54 Å². The first kappa shape index (κ1) is 19.1. The molecule has 0 aliphatic rings. The Morgan fingerprint density at radius 2 is 2.00 bits per heavy atom. The van der Waals surface area contributed by atoms with Gasteiger partial charge in [-0.05, 0) is 13.3 Å². The highest BCUT2D eigenvalue weighted by Gasteiger charge is 2.32. The SMILES string of the molecule is CCOCCCN(CC(F)(F)F)C(=O)CNCCOC. The number of nitrogens with one attached hydrogen (secondary N) is 1. The Hall–Kier alpha value is -0.860. The number of ether oxygens (including phenoxy) is 2. The summed E-state index contributed by atoms with van der Waals surface area (Å²) in [6.07, 6.45) is -4.01. The van der Waals surface area contributed by atoms with E-state index in [-0.39, 0.29) is 13.1 Å². The van der Waals surface area contributed by atoms with Crippen molar-refractivity contribution in [2.24, 2.45) is 0 Å². The average molecular weight is 300 g/mol. The zero-order valence-corrected chi connectivity index (χ0v) is 12.0. The third-order valence-electron chi connectivity index (χ3n) is 2.40. The third-order valence-corrected chi connectivity index (χ3v) is 2.40. The van der Waals surface area contributed by atoms with Crippen molar-refractivity contribution in [3.63, 3.8) is 0 Å². The predicted octanol–water partition coefficient (Wildman–Crippen LogP) is 1.04. The van der Waals surface area contributed by atoms with Gasteiger partial charge in [-0.2, -0.15) is 13.2 Å². The van der Waals surface area contributed by atoms with Crippen LogP contribution in [0.1, 0.15) is 13.3 Å². The second-order valence-corrected chi connectivity index (χ2v) is 4.15. The number of methoxy groups -OCH3 is 1. The number of alkyl halides is 3. The molecule has 8 heteroatoms.